The number of rotatable bonds is 3. The van der Waals surface area contributed by atoms with Crippen LogP contribution in [0.15, 0.2) is 23.1 Å². The Morgan fingerprint density at radius 3 is 2.61 bits per heavy atom. The van der Waals surface area contributed by atoms with E-state index in [1.807, 2.05) is 26.3 Å². The van der Waals surface area contributed by atoms with Crippen LogP contribution in [0.1, 0.15) is 5.56 Å². The molecule has 2 rings (SSSR count). The van der Waals surface area contributed by atoms with E-state index in [1.165, 1.54) is 0 Å². The Hall–Kier alpha value is -1.62. The van der Waals surface area contributed by atoms with E-state index >= 15 is 0 Å². The molecule has 1 aromatic carbocycles. The summed E-state index contributed by atoms with van der Waals surface area (Å²) in [6.45, 7) is 2.03. The van der Waals surface area contributed by atoms with Crippen LogP contribution in [0, 0.1) is 6.92 Å². The summed E-state index contributed by atoms with van der Waals surface area (Å²) in [5, 5.41) is 4.44. The minimum absolute atomic E-state index is 0.639. The molecule has 0 aliphatic rings. The number of hydrogen-bond acceptors (Lipinski definition) is 4. The van der Waals surface area contributed by atoms with Crippen LogP contribution in [0.4, 0.5) is 5.82 Å². The molecule has 1 aromatic heterocycles. The van der Waals surface area contributed by atoms with Gasteiger partial charge >= 0.3 is 0 Å². The van der Waals surface area contributed by atoms with Crippen molar-refractivity contribution in [3.63, 3.8) is 0 Å². The van der Waals surface area contributed by atoms with Crippen LogP contribution in [0.5, 0.6) is 5.75 Å². The van der Waals surface area contributed by atoms with Gasteiger partial charge in [-0.1, -0.05) is 6.07 Å². The first-order chi connectivity index (χ1) is 8.58. The van der Waals surface area contributed by atoms with Gasteiger partial charge in [-0.15, -0.1) is 11.8 Å². The van der Waals surface area contributed by atoms with E-state index in [0.717, 1.165) is 27.5 Å². The lowest BCUT2D eigenvalue weighted by Gasteiger charge is -2.13. The van der Waals surface area contributed by atoms with Crippen molar-refractivity contribution in [2.45, 2.75) is 11.8 Å². The summed E-state index contributed by atoms with van der Waals surface area (Å²) in [6.07, 6.45) is 2.04. The maximum Gasteiger partial charge on any atom is 0.132 e. The van der Waals surface area contributed by atoms with E-state index in [0.29, 0.717) is 5.82 Å². The summed E-state index contributed by atoms with van der Waals surface area (Å²) >= 11 is 1.67. The fraction of sp³-hybridized carbons (Fsp3) is 0.308. The number of nitrogens with zero attached hydrogens (tertiary/aromatic N) is 2. The van der Waals surface area contributed by atoms with Gasteiger partial charge in [-0.25, -0.2) is 0 Å². The molecule has 0 amide bonds. The number of nitrogens with two attached hydrogens (primary N) is 1. The molecule has 96 valence electrons. The smallest absolute Gasteiger partial charge is 0.132 e. The van der Waals surface area contributed by atoms with Gasteiger partial charge in [-0.3, -0.25) is 4.68 Å². The standard InChI is InChI=1S/C13H17N3OS/c1-8-5-6-10(18-4)12(13(8)17-3)9-7-11(14)16(2)15-9/h5-7H,14H2,1-4H3. The van der Waals surface area contributed by atoms with Crippen LogP contribution in [0.25, 0.3) is 11.3 Å². The summed E-state index contributed by atoms with van der Waals surface area (Å²) in [4.78, 5) is 1.13. The topological polar surface area (TPSA) is 53.1 Å². The predicted molar refractivity (Wildman–Crippen MR) is 76.1 cm³/mol. The fourth-order valence-electron chi connectivity index (χ4n) is 1.95. The summed E-state index contributed by atoms with van der Waals surface area (Å²) in [7, 11) is 3.52. The number of nitrogen functional groups attached to an aromatic ring is 1. The van der Waals surface area contributed by atoms with E-state index in [9.17, 15) is 0 Å². The van der Waals surface area contributed by atoms with E-state index in [2.05, 4.69) is 17.2 Å². The molecule has 0 saturated carbocycles. The maximum atomic E-state index is 5.85. The molecular formula is C13H17N3OS. The van der Waals surface area contributed by atoms with E-state index < -0.39 is 0 Å². The first-order valence-electron chi connectivity index (χ1n) is 5.60. The minimum atomic E-state index is 0.639. The van der Waals surface area contributed by atoms with Crippen molar-refractivity contribution in [1.29, 1.82) is 0 Å². The van der Waals surface area contributed by atoms with Gasteiger partial charge in [-0.05, 0) is 24.8 Å². The van der Waals surface area contributed by atoms with Crippen molar-refractivity contribution in [2.75, 3.05) is 19.1 Å². The molecule has 0 bridgehead atoms. The highest BCUT2D eigenvalue weighted by Crippen LogP contribution is 2.39. The lowest BCUT2D eigenvalue weighted by atomic mass is 10.1. The molecular weight excluding hydrogens is 246 g/mol. The monoisotopic (exact) mass is 263 g/mol. The molecule has 0 fully saturated rings. The average Bonchev–Trinajstić information content (AvgIpc) is 2.69. The molecule has 18 heavy (non-hydrogen) atoms. The first-order valence-corrected chi connectivity index (χ1v) is 6.82. The molecule has 0 aliphatic heterocycles. The van der Waals surface area contributed by atoms with Crippen molar-refractivity contribution in [3.05, 3.63) is 23.8 Å². The molecule has 0 radical (unpaired) electrons. The van der Waals surface area contributed by atoms with Crippen LogP contribution in [0.3, 0.4) is 0 Å². The van der Waals surface area contributed by atoms with Gasteiger partial charge in [0.1, 0.15) is 11.6 Å². The molecule has 2 N–H and O–H groups in total. The molecule has 0 saturated heterocycles. The predicted octanol–water partition coefficient (Wildman–Crippen LogP) is 2.71. The van der Waals surface area contributed by atoms with Crippen LogP contribution < -0.4 is 10.5 Å². The van der Waals surface area contributed by atoms with E-state index in [4.69, 9.17) is 10.5 Å². The zero-order chi connectivity index (χ0) is 13.3. The Balaban J connectivity index is 2.71. The van der Waals surface area contributed by atoms with Crippen LogP contribution in [0.2, 0.25) is 0 Å². The number of ether oxygens (including phenoxy) is 1. The van der Waals surface area contributed by atoms with Crippen LogP contribution in [-0.2, 0) is 7.05 Å². The van der Waals surface area contributed by atoms with Gasteiger partial charge in [0, 0.05) is 18.0 Å². The highest BCUT2D eigenvalue weighted by atomic mass is 32.2. The van der Waals surface area contributed by atoms with Gasteiger partial charge in [-0.2, -0.15) is 5.10 Å². The number of hydrogen-bond donors (Lipinski definition) is 1. The average molecular weight is 263 g/mol. The van der Waals surface area contributed by atoms with Crippen molar-refractivity contribution in [1.82, 2.24) is 9.78 Å². The SMILES string of the molecule is COc1c(C)ccc(SC)c1-c1cc(N)n(C)n1. The van der Waals surface area contributed by atoms with E-state index in [1.54, 1.807) is 23.6 Å². The van der Waals surface area contributed by atoms with Gasteiger partial charge in [0.25, 0.3) is 0 Å². The Bertz CT molecular complexity index is 558. The fourth-order valence-corrected chi connectivity index (χ4v) is 2.55. The second-order valence-electron chi connectivity index (χ2n) is 4.07. The lowest BCUT2D eigenvalue weighted by molar-refractivity contribution is 0.412. The molecule has 0 atom stereocenters. The number of aryl methyl sites for hydroxylation is 2. The Morgan fingerprint density at radius 2 is 2.11 bits per heavy atom. The molecule has 2 aromatic rings. The molecule has 4 nitrogen and oxygen atoms in total. The first kappa shape index (κ1) is 12.8. The quantitative estimate of drug-likeness (QED) is 0.865. The molecule has 0 unspecified atom stereocenters. The van der Waals surface area contributed by atoms with Crippen LogP contribution in [-0.4, -0.2) is 23.1 Å². The lowest BCUT2D eigenvalue weighted by Crippen LogP contribution is -1.97. The highest BCUT2D eigenvalue weighted by molar-refractivity contribution is 7.98. The van der Waals surface area contributed by atoms with Gasteiger partial charge < -0.3 is 10.5 Å². The number of anilines is 1. The number of benzene rings is 1. The zero-order valence-corrected chi connectivity index (χ0v) is 11.8. The summed E-state index contributed by atoms with van der Waals surface area (Å²) in [6, 6.07) is 6.01. The Morgan fingerprint density at radius 1 is 1.39 bits per heavy atom. The third-order valence-electron chi connectivity index (χ3n) is 2.91. The van der Waals surface area contributed by atoms with Crippen molar-refractivity contribution in [2.24, 2.45) is 7.05 Å². The molecule has 5 heteroatoms. The Labute approximate surface area is 111 Å². The molecule has 0 spiro atoms. The van der Waals surface area contributed by atoms with Crippen LogP contribution >= 0.6 is 11.8 Å². The largest absolute Gasteiger partial charge is 0.496 e. The van der Waals surface area contributed by atoms with Crippen molar-refractivity contribution >= 4 is 17.6 Å². The second kappa shape index (κ2) is 4.94. The van der Waals surface area contributed by atoms with Gasteiger partial charge in [0.15, 0.2) is 0 Å². The number of thioether (sulfide) groups is 1. The summed E-state index contributed by atoms with van der Waals surface area (Å²) in [5.41, 5.74) is 8.80. The second-order valence-corrected chi connectivity index (χ2v) is 4.92. The zero-order valence-electron chi connectivity index (χ0n) is 11.0. The van der Waals surface area contributed by atoms with Gasteiger partial charge in [0.2, 0.25) is 0 Å². The number of aromatic nitrogens is 2. The summed E-state index contributed by atoms with van der Waals surface area (Å²) in [5.74, 6) is 1.50. The van der Waals surface area contributed by atoms with Crippen molar-refractivity contribution in [3.8, 4) is 17.0 Å². The molecule has 1 heterocycles. The highest BCUT2D eigenvalue weighted by Gasteiger charge is 2.17. The van der Waals surface area contributed by atoms with Gasteiger partial charge in [0.05, 0.1) is 18.4 Å². The van der Waals surface area contributed by atoms with Crippen molar-refractivity contribution < 1.29 is 4.74 Å². The normalized spacial score (nSPS) is 10.7. The Kier molecular flexibility index (Phi) is 3.52. The minimum Gasteiger partial charge on any atom is -0.496 e. The van der Waals surface area contributed by atoms with E-state index in [-0.39, 0.29) is 0 Å². The third kappa shape index (κ3) is 2.06. The number of methoxy groups -OCH3 is 1. The maximum absolute atomic E-state index is 5.85. The third-order valence-corrected chi connectivity index (χ3v) is 3.69. The summed E-state index contributed by atoms with van der Waals surface area (Å²) < 4.78 is 7.19. The molecule has 0 aliphatic carbocycles.